The molecule has 0 radical (unpaired) electrons. The summed E-state index contributed by atoms with van der Waals surface area (Å²) in [6.45, 7) is 0. The third-order valence-corrected chi connectivity index (χ3v) is 11.7. The zero-order valence-corrected chi connectivity index (χ0v) is 34.3. The Hall–Kier alpha value is -7.63. The first-order valence-corrected chi connectivity index (χ1v) is 19.9. The quantitative estimate of drug-likeness (QED) is 0.162. The number of fused-ring (bicyclic) bond motifs is 6. The molecule has 9 aromatic rings. The standard InChI is InChI=1S/C49H21F18N3/c50-44(51,52)25-4-11-39-33(17-25)34-18-26(45(53,54)55)5-12-40(34)69(39)38-10-1-23(22-68)15-32(38)31-8-2-24(30-9-3-29(48(62,63)64)21-37(30)49(65,66)67)16-43(31)70-41-13-6-27(46(56,57)58)19-35(41)36-20-28(47(59,60)61)7-14-42(36)70/h1-21H. The van der Waals surface area contributed by atoms with Gasteiger partial charge in [0.05, 0.1) is 78.5 Å². The van der Waals surface area contributed by atoms with Crippen LogP contribution in [0.5, 0.6) is 0 Å². The van der Waals surface area contributed by atoms with E-state index < -0.39 is 92.3 Å². The fraction of sp³-hybridized carbons (Fsp3) is 0.122. The van der Waals surface area contributed by atoms with Gasteiger partial charge in [-0.2, -0.15) is 84.3 Å². The number of halogens is 18. The first kappa shape index (κ1) is 47.4. The molecule has 358 valence electrons. The van der Waals surface area contributed by atoms with Crippen molar-refractivity contribution >= 4 is 43.6 Å². The molecule has 0 saturated carbocycles. The van der Waals surface area contributed by atoms with Crippen LogP contribution in [0.25, 0.3) is 77.2 Å². The van der Waals surface area contributed by atoms with Gasteiger partial charge < -0.3 is 9.13 Å². The van der Waals surface area contributed by atoms with E-state index in [0.29, 0.717) is 60.7 Å². The Morgan fingerprint density at radius 3 is 1.04 bits per heavy atom. The molecule has 7 aromatic carbocycles. The normalized spacial score (nSPS) is 13.3. The zero-order chi connectivity index (χ0) is 50.8. The summed E-state index contributed by atoms with van der Waals surface area (Å²) < 4.78 is 258. The molecule has 2 heterocycles. The van der Waals surface area contributed by atoms with Gasteiger partial charge >= 0.3 is 37.1 Å². The molecule has 0 bridgehead atoms. The Balaban J connectivity index is 1.44. The van der Waals surface area contributed by atoms with E-state index in [0.717, 1.165) is 53.1 Å². The average molecular weight is 994 g/mol. The first-order chi connectivity index (χ1) is 32.4. The summed E-state index contributed by atoms with van der Waals surface area (Å²) in [5, 5.41) is 8.50. The van der Waals surface area contributed by atoms with Crippen LogP contribution in [0, 0.1) is 11.3 Å². The largest absolute Gasteiger partial charge is 0.417 e. The van der Waals surface area contributed by atoms with Crippen LogP contribution < -0.4 is 0 Å². The molecular weight excluding hydrogens is 973 g/mol. The van der Waals surface area contributed by atoms with Gasteiger partial charge in [0.25, 0.3) is 0 Å². The number of hydrogen-bond donors (Lipinski definition) is 0. The number of benzene rings is 7. The van der Waals surface area contributed by atoms with Gasteiger partial charge in [-0.05, 0) is 120 Å². The number of alkyl halides is 18. The number of aromatic nitrogens is 2. The van der Waals surface area contributed by atoms with Crippen LogP contribution in [0.2, 0.25) is 0 Å². The Morgan fingerprint density at radius 2 is 0.671 bits per heavy atom. The van der Waals surface area contributed by atoms with Crippen molar-refractivity contribution in [3.63, 3.8) is 0 Å². The fourth-order valence-corrected chi connectivity index (χ4v) is 8.61. The molecule has 0 unspecified atom stereocenters. The highest BCUT2D eigenvalue weighted by molar-refractivity contribution is 6.12. The van der Waals surface area contributed by atoms with Crippen molar-refractivity contribution < 1.29 is 79.0 Å². The SMILES string of the molecule is N#Cc1ccc(-n2c3ccc(C(F)(F)F)cc3c3cc(C(F)(F)F)ccc32)c(-c2ccc(-c3ccc(C(F)(F)F)cc3C(F)(F)F)cc2-n2c3ccc(C(F)(F)F)cc3c3cc(C(F)(F)F)ccc32)c1. The van der Waals surface area contributed by atoms with Crippen molar-refractivity contribution in [1.29, 1.82) is 5.26 Å². The van der Waals surface area contributed by atoms with Gasteiger partial charge in [-0.1, -0.05) is 18.2 Å². The lowest BCUT2D eigenvalue weighted by atomic mass is 9.92. The minimum atomic E-state index is -5.47. The van der Waals surface area contributed by atoms with E-state index in [1.807, 2.05) is 6.07 Å². The molecule has 0 aliphatic carbocycles. The number of rotatable bonds is 4. The summed E-state index contributed by atoms with van der Waals surface area (Å²) in [4.78, 5) is 0. The van der Waals surface area contributed by atoms with E-state index in [4.69, 9.17) is 0 Å². The highest BCUT2D eigenvalue weighted by Crippen LogP contribution is 2.48. The van der Waals surface area contributed by atoms with Gasteiger partial charge in [-0.15, -0.1) is 0 Å². The van der Waals surface area contributed by atoms with Crippen LogP contribution in [0.1, 0.15) is 38.9 Å². The summed E-state index contributed by atoms with van der Waals surface area (Å²) in [5.74, 6) is 0. The summed E-state index contributed by atoms with van der Waals surface area (Å²) in [5.41, 5.74) is -12.0. The summed E-state index contributed by atoms with van der Waals surface area (Å²) >= 11 is 0. The van der Waals surface area contributed by atoms with Crippen molar-refractivity contribution in [2.24, 2.45) is 0 Å². The molecule has 3 nitrogen and oxygen atoms in total. The molecule has 2 aromatic heterocycles. The molecule has 0 fully saturated rings. The van der Waals surface area contributed by atoms with Crippen LogP contribution in [-0.2, 0) is 37.1 Å². The lowest BCUT2D eigenvalue weighted by Gasteiger charge is -2.21. The third kappa shape index (κ3) is 8.17. The lowest BCUT2D eigenvalue weighted by Crippen LogP contribution is -2.12. The zero-order valence-electron chi connectivity index (χ0n) is 34.3. The molecule has 21 heteroatoms. The second-order valence-electron chi connectivity index (χ2n) is 15.9. The van der Waals surface area contributed by atoms with Crippen LogP contribution in [0.4, 0.5) is 79.0 Å². The molecule has 0 amide bonds. The van der Waals surface area contributed by atoms with Gasteiger partial charge in [-0.3, -0.25) is 0 Å². The molecular formula is C49H21F18N3. The molecule has 0 aliphatic rings. The van der Waals surface area contributed by atoms with E-state index in [-0.39, 0.29) is 67.0 Å². The highest BCUT2D eigenvalue weighted by atomic mass is 19.4. The third-order valence-electron chi connectivity index (χ3n) is 11.7. The van der Waals surface area contributed by atoms with Crippen LogP contribution in [-0.4, -0.2) is 9.13 Å². The van der Waals surface area contributed by atoms with Crippen molar-refractivity contribution in [2.45, 2.75) is 37.1 Å². The minimum absolute atomic E-state index is 0.127. The predicted molar refractivity (Wildman–Crippen MR) is 221 cm³/mol. The van der Waals surface area contributed by atoms with E-state index >= 15 is 0 Å². The maximum absolute atomic E-state index is 14.7. The Kier molecular flexibility index (Phi) is 10.6. The van der Waals surface area contributed by atoms with Gasteiger partial charge in [0.15, 0.2) is 0 Å². The molecule has 0 saturated heterocycles. The Morgan fingerprint density at radius 1 is 0.314 bits per heavy atom. The molecule has 0 atom stereocenters. The maximum Gasteiger partial charge on any atom is 0.417 e. The van der Waals surface area contributed by atoms with Crippen molar-refractivity contribution in [3.8, 4) is 39.7 Å². The first-order valence-electron chi connectivity index (χ1n) is 19.9. The number of hydrogen-bond acceptors (Lipinski definition) is 1. The van der Waals surface area contributed by atoms with Crippen molar-refractivity contribution in [3.05, 3.63) is 166 Å². The summed E-state index contributed by atoms with van der Waals surface area (Å²) in [6, 6.07) is 17.5. The number of nitriles is 1. The lowest BCUT2D eigenvalue weighted by molar-refractivity contribution is -0.143. The topological polar surface area (TPSA) is 33.6 Å². The van der Waals surface area contributed by atoms with Gasteiger partial charge in [0.2, 0.25) is 0 Å². The van der Waals surface area contributed by atoms with E-state index in [1.54, 1.807) is 0 Å². The van der Waals surface area contributed by atoms with Crippen LogP contribution in [0.3, 0.4) is 0 Å². The molecule has 9 rings (SSSR count). The summed E-state index contributed by atoms with van der Waals surface area (Å²) in [6.07, 6.45) is -30.9. The predicted octanol–water partition coefficient (Wildman–Crippen LogP) is 17.2. The Labute approximate surface area is 379 Å². The van der Waals surface area contributed by atoms with Gasteiger partial charge in [0, 0.05) is 32.7 Å². The van der Waals surface area contributed by atoms with E-state index in [1.165, 1.54) is 16.7 Å². The van der Waals surface area contributed by atoms with Gasteiger partial charge in [0.1, 0.15) is 0 Å². The molecule has 0 N–H and O–H groups in total. The molecule has 0 aliphatic heterocycles. The van der Waals surface area contributed by atoms with E-state index in [9.17, 15) is 84.3 Å². The highest BCUT2D eigenvalue weighted by Gasteiger charge is 2.40. The smallest absolute Gasteiger partial charge is 0.309 e. The van der Waals surface area contributed by atoms with Gasteiger partial charge in [-0.25, -0.2) is 0 Å². The molecule has 0 spiro atoms. The minimum Gasteiger partial charge on any atom is -0.309 e. The summed E-state index contributed by atoms with van der Waals surface area (Å²) in [7, 11) is 0. The average Bonchev–Trinajstić information content (AvgIpc) is 3.78. The monoisotopic (exact) mass is 993 g/mol. The second-order valence-corrected chi connectivity index (χ2v) is 15.9. The van der Waals surface area contributed by atoms with Crippen LogP contribution in [0.15, 0.2) is 127 Å². The van der Waals surface area contributed by atoms with E-state index in [2.05, 4.69) is 0 Å². The molecule has 70 heavy (non-hydrogen) atoms. The maximum atomic E-state index is 14.7. The van der Waals surface area contributed by atoms with Crippen LogP contribution >= 0.6 is 0 Å². The fourth-order valence-electron chi connectivity index (χ4n) is 8.61. The van der Waals surface area contributed by atoms with Crippen molar-refractivity contribution in [2.75, 3.05) is 0 Å². The van der Waals surface area contributed by atoms with Crippen molar-refractivity contribution in [1.82, 2.24) is 9.13 Å². The second kappa shape index (κ2) is 15.7. The Bertz CT molecular complexity index is 3500. The number of nitrogens with zero attached hydrogens (tertiary/aromatic N) is 3.